The molecule has 122 valence electrons. The Kier molecular flexibility index (Phi) is 3.15. The van der Waals surface area contributed by atoms with Crippen LogP contribution in [0.1, 0.15) is 50.5 Å². The maximum atomic E-state index is 13.0. The minimum absolute atomic E-state index is 0.0700. The van der Waals surface area contributed by atoms with Gasteiger partial charge < -0.3 is 19.5 Å². The van der Waals surface area contributed by atoms with Crippen molar-refractivity contribution in [1.82, 2.24) is 4.90 Å². The molecule has 2 bridgehead atoms. The van der Waals surface area contributed by atoms with Gasteiger partial charge in [-0.05, 0) is 31.4 Å². The predicted molar refractivity (Wildman–Crippen MR) is 80.4 cm³/mol. The normalized spacial score (nSPS) is 33.3. The average molecular weight is 314 g/mol. The SMILES string of the molecule is C[C@]12C[C@H](c3ccccc3O1)[C@H](C(=O)[O-])C(=O)N2C1CCCC1. The standard InChI is InChI=1S/C18H21NO4/c1-18-10-13(12-8-4-5-9-14(12)23-18)15(17(21)22)16(20)19(18)11-6-2-3-7-11/h4-5,8-9,11,13,15H,2-3,6-7,10H2,1H3,(H,21,22)/p-1/t13-,15+,18-/m1/s1. The predicted octanol–water partition coefficient (Wildman–Crippen LogP) is 1.42. The highest BCUT2D eigenvalue weighted by Gasteiger charge is 2.56. The van der Waals surface area contributed by atoms with E-state index in [1.54, 1.807) is 4.90 Å². The Labute approximate surface area is 135 Å². The van der Waals surface area contributed by atoms with Crippen molar-refractivity contribution in [3.05, 3.63) is 29.8 Å². The van der Waals surface area contributed by atoms with Crippen LogP contribution in [0.2, 0.25) is 0 Å². The number of carbonyl (C=O) groups excluding carboxylic acids is 2. The molecule has 5 nitrogen and oxygen atoms in total. The van der Waals surface area contributed by atoms with E-state index in [-0.39, 0.29) is 17.9 Å². The molecule has 1 amide bonds. The molecular weight excluding hydrogens is 294 g/mol. The number of rotatable bonds is 2. The lowest BCUT2D eigenvalue weighted by molar-refractivity contribution is -0.313. The number of hydrogen-bond donors (Lipinski definition) is 0. The summed E-state index contributed by atoms with van der Waals surface area (Å²) >= 11 is 0. The first-order chi connectivity index (χ1) is 11.0. The van der Waals surface area contributed by atoms with Gasteiger partial charge in [0.1, 0.15) is 5.75 Å². The number of likely N-dealkylation sites (tertiary alicyclic amines) is 1. The third kappa shape index (κ3) is 2.06. The summed E-state index contributed by atoms with van der Waals surface area (Å²) in [5.74, 6) is -2.42. The van der Waals surface area contributed by atoms with Crippen LogP contribution in [0.3, 0.4) is 0 Å². The zero-order chi connectivity index (χ0) is 16.2. The maximum Gasteiger partial charge on any atom is 0.235 e. The van der Waals surface area contributed by atoms with Gasteiger partial charge in [0, 0.05) is 18.4 Å². The summed E-state index contributed by atoms with van der Waals surface area (Å²) < 4.78 is 6.21. The molecule has 0 N–H and O–H groups in total. The second-order valence-electron chi connectivity index (χ2n) is 7.07. The van der Waals surface area contributed by atoms with Gasteiger partial charge in [0.2, 0.25) is 5.91 Å². The van der Waals surface area contributed by atoms with Crippen LogP contribution in [0.4, 0.5) is 0 Å². The molecule has 3 atom stereocenters. The van der Waals surface area contributed by atoms with E-state index in [0.29, 0.717) is 12.2 Å². The van der Waals surface area contributed by atoms with Crippen molar-refractivity contribution in [1.29, 1.82) is 0 Å². The van der Waals surface area contributed by atoms with E-state index >= 15 is 0 Å². The Morgan fingerprint density at radius 3 is 2.70 bits per heavy atom. The van der Waals surface area contributed by atoms with Crippen molar-refractivity contribution in [3.63, 3.8) is 0 Å². The fraction of sp³-hybridized carbons (Fsp3) is 0.556. The molecule has 5 heteroatoms. The number of ether oxygens (including phenoxy) is 1. The Morgan fingerprint density at radius 1 is 1.30 bits per heavy atom. The van der Waals surface area contributed by atoms with Crippen molar-refractivity contribution in [2.45, 2.75) is 56.7 Å². The van der Waals surface area contributed by atoms with E-state index in [9.17, 15) is 14.7 Å². The summed E-state index contributed by atoms with van der Waals surface area (Å²) in [4.78, 5) is 26.5. The van der Waals surface area contributed by atoms with E-state index in [4.69, 9.17) is 4.74 Å². The summed E-state index contributed by atoms with van der Waals surface area (Å²) in [7, 11) is 0. The number of para-hydroxylation sites is 1. The van der Waals surface area contributed by atoms with Crippen molar-refractivity contribution < 1.29 is 19.4 Å². The second kappa shape index (κ2) is 4.98. The number of amides is 1. The first kappa shape index (κ1) is 14.5. The molecule has 0 unspecified atom stereocenters. The molecule has 1 aromatic carbocycles. The third-order valence-electron chi connectivity index (χ3n) is 5.61. The number of benzene rings is 1. The monoisotopic (exact) mass is 314 g/mol. The lowest BCUT2D eigenvalue weighted by Crippen LogP contribution is -2.67. The highest BCUT2D eigenvalue weighted by Crippen LogP contribution is 2.51. The summed E-state index contributed by atoms with van der Waals surface area (Å²) in [6.45, 7) is 1.91. The topological polar surface area (TPSA) is 69.7 Å². The molecule has 2 aliphatic heterocycles. The van der Waals surface area contributed by atoms with Crippen LogP contribution in [0.5, 0.6) is 5.75 Å². The number of piperidine rings is 1. The minimum atomic E-state index is -1.28. The highest BCUT2D eigenvalue weighted by molar-refractivity contribution is 5.98. The molecule has 1 saturated heterocycles. The van der Waals surface area contributed by atoms with Crippen molar-refractivity contribution in [2.24, 2.45) is 5.92 Å². The van der Waals surface area contributed by atoms with Crippen molar-refractivity contribution >= 4 is 11.9 Å². The van der Waals surface area contributed by atoms with Crippen molar-refractivity contribution in [3.8, 4) is 5.75 Å². The molecule has 0 aromatic heterocycles. The molecule has 0 radical (unpaired) electrons. The number of carbonyl (C=O) groups is 2. The van der Waals surface area contributed by atoms with E-state index in [1.165, 1.54) is 0 Å². The van der Waals surface area contributed by atoms with E-state index in [0.717, 1.165) is 31.2 Å². The molecule has 3 aliphatic rings. The van der Waals surface area contributed by atoms with Gasteiger partial charge >= 0.3 is 0 Å². The fourth-order valence-electron chi connectivity index (χ4n) is 4.67. The van der Waals surface area contributed by atoms with Gasteiger partial charge in [0.25, 0.3) is 0 Å². The Morgan fingerprint density at radius 2 is 2.00 bits per heavy atom. The first-order valence-corrected chi connectivity index (χ1v) is 8.33. The number of nitrogens with zero attached hydrogens (tertiary/aromatic N) is 1. The quantitative estimate of drug-likeness (QED) is 0.774. The number of carboxylic acid groups (broad SMARTS) is 1. The molecule has 1 aliphatic carbocycles. The minimum Gasteiger partial charge on any atom is -0.549 e. The Bertz CT molecular complexity index is 667. The Hall–Kier alpha value is -2.04. The molecular formula is C18H20NO4-. The Balaban J connectivity index is 1.83. The molecule has 1 aromatic rings. The van der Waals surface area contributed by atoms with Gasteiger partial charge in [0.05, 0.1) is 11.9 Å². The van der Waals surface area contributed by atoms with Crippen LogP contribution >= 0.6 is 0 Å². The highest BCUT2D eigenvalue weighted by atomic mass is 16.5. The fourth-order valence-corrected chi connectivity index (χ4v) is 4.67. The molecule has 4 rings (SSSR count). The zero-order valence-corrected chi connectivity index (χ0v) is 13.2. The first-order valence-electron chi connectivity index (χ1n) is 8.33. The van der Waals surface area contributed by atoms with Gasteiger partial charge in [-0.1, -0.05) is 31.0 Å². The molecule has 2 heterocycles. The molecule has 2 fully saturated rings. The number of fused-ring (bicyclic) bond motifs is 4. The van der Waals surface area contributed by atoms with Gasteiger partial charge in [-0.25, -0.2) is 0 Å². The largest absolute Gasteiger partial charge is 0.549 e. The molecule has 0 spiro atoms. The van der Waals surface area contributed by atoms with E-state index in [1.807, 2.05) is 31.2 Å². The van der Waals surface area contributed by atoms with E-state index in [2.05, 4.69) is 0 Å². The number of aliphatic carboxylic acids is 1. The number of carboxylic acids is 1. The van der Waals surface area contributed by atoms with Crippen LogP contribution in [-0.2, 0) is 9.59 Å². The lowest BCUT2D eigenvalue weighted by atomic mass is 9.73. The van der Waals surface area contributed by atoms with Crippen LogP contribution in [0.25, 0.3) is 0 Å². The summed E-state index contributed by atoms with van der Waals surface area (Å²) in [5.41, 5.74) is 0.0375. The summed E-state index contributed by atoms with van der Waals surface area (Å²) in [6, 6.07) is 7.51. The maximum absolute atomic E-state index is 13.0. The molecule has 1 saturated carbocycles. The zero-order valence-electron chi connectivity index (χ0n) is 13.2. The third-order valence-corrected chi connectivity index (χ3v) is 5.61. The van der Waals surface area contributed by atoms with Crippen LogP contribution in [-0.4, -0.2) is 28.5 Å². The van der Waals surface area contributed by atoms with E-state index < -0.39 is 17.6 Å². The van der Waals surface area contributed by atoms with Gasteiger partial charge in [-0.3, -0.25) is 4.79 Å². The molecule has 23 heavy (non-hydrogen) atoms. The summed E-state index contributed by atoms with van der Waals surface area (Å²) in [5, 5.41) is 11.7. The smallest absolute Gasteiger partial charge is 0.235 e. The van der Waals surface area contributed by atoms with Crippen molar-refractivity contribution in [2.75, 3.05) is 0 Å². The van der Waals surface area contributed by atoms with Gasteiger partial charge in [-0.2, -0.15) is 0 Å². The second-order valence-corrected chi connectivity index (χ2v) is 7.07. The van der Waals surface area contributed by atoms with Crippen LogP contribution < -0.4 is 9.84 Å². The average Bonchev–Trinajstić information content (AvgIpc) is 2.99. The van der Waals surface area contributed by atoms with Crippen LogP contribution in [0.15, 0.2) is 24.3 Å². The van der Waals surface area contributed by atoms with Crippen LogP contribution in [0, 0.1) is 5.92 Å². The van der Waals surface area contributed by atoms with Gasteiger partial charge in [0.15, 0.2) is 5.72 Å². The number of hydrogen-bond acceptors (Lipinski definition) is 4. The summed E-state index contributed by atoms with van der Waals surface area (Å²) in [6.07, 6.45) is 4.47. The van der Waals surface area contributed by atoms with Gasteiger partial charge in [-0.15, -0.1) is 0 Å². The lowest BCUT2D eigenvalue weighted by Gasteiger charge is -2.55.